The van der Waals surface area contributed by atoms with Gasteiger partial charge in [0.25, 0.3) is 0 Å². The molecule has 2 amide bonds. The van der Waals surface area contributed by atoms with Crippen molar-refractivity contribution in [2.24, 2.45) is 5.92 Å². The Morgan fingerprint density at radius 1 is 1.09 bits per heavy atom. The van der Waals surface area contributed by atoms with Crippen molar-refractivity contribution in [3.05, 3.63) is 66.2 Å². The van der Waals surface area contributed by atoms with E-state index < -0.39 is 23.8 Å². The predicted molar refractivity (Wildman–Crippen MR) is 129 cm³/mol. The van der Waals surface area contributed by atoms with Gasteiger partial charge in [-0.15, -0.1) is 0 Å². The molecule has 0 saturated carbocycles. The number of carboxylic acids is 1. The van der Waals surface area contributed by atoms with Gasteiger partial charge in [-0.25, -0.2) is 9.78 Å². The zero-order chi connectivity index (χ0) is 23.9. The molecular formula is C25H30N4O6. The molecule has 1 fully saturated rings. The minimum absolute atomic E-state index is 0. The predicted octanol–water partition coefficient (Wildman–Crippen LogP) is 0.958. The van der Waals surface area contributed by atoms with Gasteiger partial charge in [0, 0.05) is 37.8 Å². The highest BCUT2D eigenvalue weighted by Gasteiger charge is 2.30. The minimum atomic E-state index is -1.15. The van der Waals surface area contributed by atoms with Crippen molar-refractivity contribution in [1.29, 1.82) is 0 Å². The van der Waals surface area contributed by atoms with Gasteiger partial charge in [0.1, 0.15) is 6.04 Å². The smallest absolute Gasteiger partial charge is 0.326 e. The number of fused-ring (bicyclic) bond motifs is 1. The van der Waals surface area contributed by atoms with E-state index in [-0.39, 0.29) is 24.2 Å². The van der Waals surface area contributed by atoms with Crippen LogP contribution in [0.4, 0.5) is 0 Å². The highest BCUT2D eigenvalue weighted by atomic mass is 16.5. The number of nitrogens with zero attached hydrogens (tertiary/aromatic N) is 2. The Morgan fingerprint density at radius 3 is 2.54 bits per heavy atom. The van der Waals surface area contributed by atoms with E-state index in [1.807, 2.05) is 42.5 Å². The number of carbonyl (C=O) groups excluding carboxylic acids is 2. The van der Waals surface area contributed by atoms with Crippen molar-refractivity contribution in [2.75, 3.05) is 26.3 Å². The molecule has 10 heteroatoms. The van der Waals surface area contributed by atoms with Gasteiger partial charge in [0.15, 0.2) is 0 Å². The van der Waals surface area contributed by atoms with Gasteiger partial charge in [0.2, 0.25) is 11.8 Å². The van der Waals surface area contributed by atoms with Crippen molar-refractivity contribution < 1.29 is 29.7 Å². The van der Waals surface area contributed by atoms with Gasteiger partial charge in [-0.3, -0.25) is 9.59 Å². The third kappa shape index (κ3) is 6.65. The van der Waals surface area contributed by atoms with Crippen LogP contribution in [0, 0.1) is 5.92 Å². The van der Waals surface area contributed by atoms with Gasteiger partial charge >= 0.3 is 5.97 Å². The molecule has 5 N–H and O–H groups in total. The summed E-state index contributed by atoms with van der Waals surface area (Å²) in [6.45, 7) is 1.91. The van der Waals surface area contributed by atoms with Gasteiger partial charge < -0.3 is 30.5 Å². The number of carbonyl (C=O) groups is 3. The number of benzene rings is 2. The van der Waals surface area contributed by atoms with E-state index in [1.165, 1.54) is 12.5 Å². The molecular weight excluding hydrogens is 452 g/mol. The number of nitrogens with one attached hydrogen (secondary N) is 2. The molecule has 1 aliphatic rings. The average molecular weight is 483 g/mol. The lowest BCUT2D eigenvalue weighted by molar-refractivity contribution is -0.143. The SMILES string of the molecule is O.O=C(N[C@@H](Cc1cnc[nH]1)C(=O)O)C(CC(=O)N1CCOCC1)Cc1cccc2ccccc12. The molecule has 35 heavy (non-hydrogen) atoms. The van der Waals surface area contributed by atoms with Crippen LogP contribution in [0.1, 0.15) is 17.7 Å². The Hall–Kier alpha value is -3.76. The summed E-state index contributed by atoms with van der Waals surface area (Å²) in [5.41, 5.74) is 1.54. The zero-order valence-corrected chi connectivity index (χ0v) is 19.3. The fraction of sp³-hybridized carbons (Fsp3) is 0.360. The largest absolute Gasteiger partial charge is 0.480 e. The minimum Gasteiger partial charge on any atom is -0.480 e. The quantitative estimate of drug-likeness (QED) is 0.412. The number of aromatic amines is 1. The van der Waals surface area contributed by atoms with Crippen LogP contribution < -0.4 is 5.32 Å². The maximum atomic E-state index is 13.3. The van der Waals surface area contributed by atoms with Crippen LogP contribution in [0.25, 0.3) is 10.8 Å². The van der Waals surface area contributed by atoms with Gasteiger partial charge in [-0.2, -0.15) is 0 Å². The number of hydrogen-bond donors (Lipinski definition) is 3. The maximum Gasteiger partial charge on any atom is 0.326 e. The van der Waals surface area contributed by atoms with Crippen LogP contribution >= 0.6 is 0 Å². The van der Waals surface area contributed by atoms with Gasteiger partial charge in [0.05, 0.1) is 25.5 Å². The van der Waals surface area contributed by atoms with Crippen molar-refractivity contribution in [1.82, 2.24) is 20.2 Å². The standard InChI is InChI=1S/C25H28N4O5.H2O/c30-23(29-8-10-34-11-9-29)13-19(12-18-6-3-5-17-4-1-2-7-21(17)18)24(31)28-22(25(32)33)14-20-15-26-16-27-20;/h1-7,15-16,19,22H,8-14H2,(H,26,27)(H,28,31)(H,32,33);1H2/t19?,22-;/m0./s1. The van der Waals surface area contributed by atoms with E-state index in [9.17, 15) is 19.5 Å². The monoisotopic (exact) mass is 482 g/mol. The van der Waals surface area contributed by atoms with Crippen molar-refractivity contribution >= 4 is 28.6 Å². The maximum absolute atomic E-state index is 13.3. The first-order valence-corrected chi connectivity index (χ1v) is 11.3. The van der Waals surface area contributed by atoms with E-state index >= 15 is 0 Å². The van der Waals surface area contributed by atoms with Crippen molar-refractivity contribution in [3.8, 4) is 0 Å². The van der Waals surface area contributed by atoms with Crippen LogP contribution in [-0.2, 0) is 32.0 Å². The van der Waals surface area contributed by atoms with E-state index in [0.29, 0.717) is 38.4 Å². The number of H-pyrrole nitrogens is 1. The average Bonchev–Trinajstić information content (AvgIpc) is 3.37. The highest BCUT2D eigenvalue weighted by molar-refractivity contribution is 5.90. The second-order valence-electron chi connectivity index (χ2n) is 8.42. The highest BCUT2D eigenvalue weighted by Crippen LogP contribution is 2.23. The first-order chi connectivity index (χ1) is 16.5. The van der Waals surface area contributed by atoms with E-state index in [2.05, 4.69) is 15.3 Å². The molecule has 2 heterocycles. The first-order valence-electron chi connectivity index (χ1n) is 11.3. The number of carboxylic acid groups (broad SMARTS) is 1. The molecule has 1 aromatic heterocycles. The van der Waals surface area contributed by atoms with E-state index in [1.54, 1.807) is 4.90 Å². The third-order valence-electron chi connectivity index (χ3n) is 6.10. The number of aromatic nitrogens is 2. The molecule has 186 valence electrons. The number of rotatable bonds is 9. The van der Waals surface area contributed by atoms with Crippen LogP contribution in [0.3, 0.4) is 0 Å². The van der Waals surface area contributed by atoms with Crippen LogP contribution in [-0.4, -0.2) is 75.6 Å². The molecule has 1 aliphatic heterocycles. The second kappa shape index (κ2) is 12.1. The second-order valence-corrected chi connectivity index (χ2v) is 8.42. The molecule has 1 unspecified atom stereocenters. The molecule has 3 aromatic rings. The Balaban J connectivity index is 0.00000342. The fourth-order valence-corrected chi connectivity index (χ4v) is 4.25. The summed E-state index contributed by atoms with van der Waals surface area (Å²) in [6, 6.07) is 12.6. The molecule has 4 rings (SSSR count). The van der Waals surface area contributed by atoms with Crippen molar-refractivity contribution in [3.63, 3.8) is 0 Å². The van der Waals surface area contributed by atoms with Crippen LogP contribution in [0.5, 0.6) is 0 Å². The summed E-state index contributed by atoms with van der Waals surface area (Å²) >= 11 is 0. The normalized spacial score (nSPS) is 15.1. The van der Waals surface area contributed by atoms with E-state index in [0.717, 1.165) is 16.3 Å². The summed E-state index contributed by atoms with van der Waals surface area (Å²) in [5, 5.41) is 14.4. The number of morpholine rings is 1. The molecule has 2 atom stereocenters. The van der Waals surface area contributed by atoms with Gasteiger partial charge in [-0.05, 0) is 22.8 Å². The summed E-state index contributed by atoms with van der Waals surface area (Å²) in [6.07, 6.45) is 3.36. The molecule has 10 nitrogen and oxygen atoms in total. The number of ether oxygens (including phenoxy) is 1. The fourth-order valence-electron chi connectivity index (χ4n) is 4.25. The van der Waals surface area contributed by atoms with Crippen molar-refractivity contribution in [2.45, 2.75) is 25.3 Å². The first kappa shape index (κ1) is 25.9. The Labute approximate surface area is 202 Å². The van der Waals surface area contributed by atoms with E-state index in [4.69, 9.17) is 4.74 Å². The lowest BCUT2D eigenvalue weighted by atomic mass is 9.91. The Kier molecular flexibility index (Phi) is 8.93. The molecule has 0 radical (unpaired) electrons. The molecule has 0 spiro atoms. The Morgan fingerprint density at radius 2 is 1.83 bits per heavy atom. The summed E-state index contributed by atoms with van der Waals surface area (Å²) in [4.78, 5) is 46.7. The molecule has 1 saturated heterocycles. The number of aliphatic carboxylic acids is 1. The topological polar surface area (TPSA) is 156 Å². The zero-order valence-electron chi connectivity index (χ0n) is 19.3. The molecule has 0 aliphatic carbocycles. The number of imidazole rings is 1. The summed E-state index contributed by atoms with van der Waals surface area (Å²) in [7, 11) is 0. The summed E-state index contributed by atoms with van der Waals surface area (Å²) in [5.74, 6) is -2.46. The van der Waals surface area contributed by atoms with Crippen LogP contribution in [0.2, 0.25) is 0 Å². The number of amides is 2. The third-order valence-corrected chi connectivity index (χ3v) is 6.10. The van der Waals surface area contributed by atoms with Gasteiger partial charge in [-0.1, -0.05) is 42.5 Å². The Bertz CT molecular complexity index is 1140. The summed E-state index contributed by atoms with van der Waals surface area (Å²) < 4.78 is 5.33. The molecule has 0 bridgehead atoms. The van der Waals surface area contributed by atoms with Crippen LogP contribution in [0.15, 0.2) is 55.0 Å². The lowest BCUT2D eigenvalue weighted by Crippen LogP contribution is -2.47. The molecule has 2 aromatic carbocycles. The lowest BCUT2D eigenvalue weighted by Gasteiger charge is -2.29. The number of hydrogen-bond acceptors (Lipinski definition) is 5.